The number of aromatic nitrogens is 1. The Kier molecular flexibility index (Phi) is 5.41. The number of carbonyl (C=O) groups excluding carboxylic acids is 1. The number of amides is 2. The number of rotatable bonds is 3. The Bertz CT molecular complexity index is 726. The standard InChI is InChI=1S/C18H19F3N4O/c19-18(20,21)15-3-5-16(6-4-15)23-17(26)25-10-8-24(9-11-25)13-14-2-1-7-22-12-14/h1-7,12H,8-11,13H2,(H,23,26). The van der Waals surface area contributed by atoms with Crippen molar-refractivity contribution in [3.05, 3.63) is 59.9 Å². The second kappa shape index (κ2) is 7.74. The Hall–Kier alpha value is -2.61. The van der Waals surface area contributed by atoms with Crippen LogP contribution in [-0.2, 0) is 12.7 Å². The van der Waals surface area contributed by atoms with Gasteiger partial charge in [0, 0.05) is 50.8 Å². The summed E-state index contributed by atoms with van der Waals surface area (Å²) < 4.78 is 37.7. The lowest BCUT2D eigenvalue weighted by atomic mass is 10.2. The number of anilines is 1. The Morgan fingerprint density at radius 1 is 1.08 bits per heavy atom. The number of alkyl halides is 3. The second-order valence-corrected chi connectivity index (χ2v) is 6.13. The molecule has 3 rings (SSSR count). The van der Waals surface area contributed by atoms with Gasteiger partial charge in [0.25, 0.3) is 0 Å². The zero-order chi connectivity index (χ0) is 18.6. The van der Waals surface area contributed by atoms with E-state index in [0.717, 1.165) is 37.3 Å². The Balaban J connectivity index is 1.49. The third-order valence-electron chi connectivity index (χ3n) is 4.25. The van der Waals surface area contributed by atoms with E-state index in [4.69, 9.17) is 0 Å². The average Bonchev–Trinajstić information content (AvgIpc) is 2.63. The number of nitrogens with zero attached hydrogens (tertiary/aromatic N) is 3. The lowest BCUT2D eigenvalue weighted by Gasteiger charge is -2.34. The molecule has 0 aliphatic carbocycles. The van der Waals surface area contributed by atoms with Gasteiger partial charge in [-0.2, -0.15) is 13.2 Å². The van der Waals surface area contributed by atoms with Crippen LogP contribution in [0.15, 0.2) is 48.8 Å². The lowest BCUT2D eigenvalue weighted by Crippen LogP contribution is -2.49. The molecule has 1 saturated heterocycles. The highest BCUT2D eigenvalue weighted by atomic mass is 19.4. The van der Waals surface area contributed by atoms with Crippen molar-refractivity contribution >= 4 is 11.7 Å². The summed E-state index contributed by atoms with van der Waals surface area (Å²) in [7, 11) is 0. The summed E-state index contributed by atoms with van der Waals surface area (Å²) in [5, 5.41) is 2.65. The van der Waals surface area contributed by atoms with Crippen molar-refractivity contribution in [2.75, 3.05) is 31.5 Å². The first-order valence-electron chi connectivity index (χ1n) is 8.26. The molecule has 1 aliphatic heterocycles. The van der Waals surface area contributed by atoms with Crippen molar-refractivity contribution in [3.8, 4) is 0 Å². The molecule has 0 radical (unpaired) electrons. The van der Waals surface area contributed by atoms with Gasteiger partial charge in [-0.15, -0.1) is 0 Å². The molecule has 0 spiro atoms. The summed E-state index contributed by atoms with van der Waals surface area (Å²) >= 11 is 0. The average molecular weight is 364 g/mol. The number of hydrogen-bond donors (Lipinski definition) is 1. The number of pyridine rings is 1. The number of hydrogen-bond acceptors (Lipinski definition) is 3. The monoisotopic (exact) mass is 364 g/mol. The summed E-state index contributed by atoms with van der Waals surface area (Å²) in [6.07, 6.45) is -0.830. The molecule has 2 aromatic rings. The van der Waals surface area contributed by atoms with Crippen molar-refractivity contribution in [3.63, 3.8) is 0 Å². The Labute approximate surface area is 149 Å². The molecule has 1 N–H and O–H groups in total. The lowest BCUT2D eigenvalue weighted by molar-refractivity contribution is -0.137. The van der Waals surface area contributed by atoms with Crippen LogP contribution in [0.2, 0.25) is 0 Å². The summed E-state index contributed by atoms with van der Waals surface area (Å²) in [6, 6.07) is 8.05. The molecule has 26 heavy (non-hydrogen) atoms. The Morgan fingerprint density at radius 2 is 1.77 bits per heavy atom. The van der Waals surface area contributed by atoms with Crippen LogP contribution in [-0.4, -0.2) is 47.0 Å². The van der Waals surface area contributed by atoms with Crippen molar-refractivity contribution in [1.82, 2.24) is 14.8 Å². The zero-order valence-corrected chi connectivity index (χ0v) is 14.0. The van der Waals surface area contributed by atoms with E-state index in [1.54, 1.807) is 11.1 Å². The third-order valence-corrected chi connectivity index (χ3v) is 4.25. The minimum Gasteiger partial charge on any atom is -0.322 e. The van der Waals surface area contributed by atoms with Crippen LogP contribution in [0.4, 0.5) is 23.7 Å². The second-order valence-electron chi connectivity index (χ2n) is 6.13. The predicted molar refractivity (Wildman–Crippen MR) is 91.5 cm³/mol. The minimum absolute atomic E-state index is 0.300. The van der Waals surface area contributed by atoms with Gasteiger partial charge in [0.2, 0.25) is 0 Å². The number of benzene rings is 1. The number of halogens is 3. The van der Waals surface area contributed by atoms with Crippen molar-refractivity contribution in [2.24, 2.45) is 0 Å². The Morgan fingerprint density at radius 3 is 2.35 bits per heavy atom. The summed E-state index contributed by atoms with van der Waals surface area (Å²) in [4.78, 5) is 20.3. The van der Waals surface area contributed by atoms with Crippen LogP contribution in [0.5, 0.6) is 0 Å². The SMILES string of the molecule is O=C(Nc1ccc(C(F)(F)F)cc1)N1CCN(Cc2cccnc2)CC1. The van der Waals surface area contributed by atoms with Gasteiger partial charge in [0.05, 0.1) is 5.56 Å². The van der Waals surface area contributed by atoms with Crippen molar-refractivity contribution in [2.45, 2.75) is 12.7 Å². The van der Waals surface area contributed by atoms with Crippen LogP contribution in [0.25, 0.3) is 0 Å². The van der Waals surface area contributed by atoms with E-state index in [0.29, 0.717) is 18.8 Å². The van der Waals surface area contributed by atoms with Gasteiger partial charge in [0.15, 0.2) is 0 Å². The molecule has 1 aromatic carbocycles. The number of nitrogens with one attached hydrogen (secondary N) is 1. The van der Waals surface area contributed by atoms with Crippen LogP contribution >= 0.6 is 0 Å². The summed E-state index contributed by atoms with van der Waals surface area (Å²) in [5.74, 6) is 0. The normalized spacial score (nSPS) is 15.7. The molecule has 0 saturated carbocycles. The van der Waals surface area contributed by atoms with Crippen LogP contribution < -0.4 is 5.32 Å². The first kappa shape index (κ1) is 18.2. The predicted octanol–water partition coefficient (Wildman–Crippen LogP) is 3.45. The van der Waals surface area contributed by atoms with Gasteiger partial charge in [0.1, 0.15) is 0 Å². The molecule has 0 atom stereocenters. The molecular weight excluding hydrogens is 345 g/mol. The quantitative estimate of drug-likeness (QED) is 0.908. The van der Waals surface area contributed by atoms with E-state index in [1.807, 2.05) is 18.3 Å². The van der Waals surface area contributed by atoms with Crippen molar-refractivity contribution < 1.29 is 18.0 Å². The first-order valence-corrected chi connectivity index (χ1v) is 8.26. The highest BCUT2D eigenvalue weighted by molar-refractivity contribution is 5.89. The molecule has 1 aliphatic rings. The van der Waals surface area contributed by atoms with Gasteiger partial charge in [-0.3, -0.25) is 9.88 Å². The maximum atomic E-state index is 12.6. The molecule has 5 nitrogen and oxygen atoms in total. The third kappa shape index (κ3) is 4.72. The fourth-order valence-electron chi connectivity index (χ4n) is 2.80. The van der Waals surface area contributed by atoms with E-state index in [9.17, 15) is 18.0 Å². The van der Waals surface area contributed by atoms with E-state index >= 15 is 0 Å². The van der Waals surface area contributed by atoms with E-state index in [1.165, 1.54) is 12.1 Å². The molecule has 8 heteroatoms. The highest BCUT2D eigenvalue weighted by Crippen LogP contribution is 2.29. The number of urea groups is 1. The smallest absolute Gasteiger partial charge is 0.322 e. The molecule has 1 aromatic heterocycles. The molecule has 138 valence electrons. The van der Waals surface area contributed by atoms with E-state index in [2.05, 4.69) is 15.2 Å². The summed E-state index contributed by atoms with van der Waals surface area (Å²) in [6.45, 7) is 3.37. The summed E-state index contributed by atoms with van der Waals surface area (Å²) in [5.41, 5.74) is 0.732. The maximum absolute atomic E-state index is 12.6. The van der Waals surface area contributed by atoms with Gasteiger partial charge >= 0.3 is 12.2 Å². The maximum Gasteiger partial charge on any atom is 0.416 e. The molecule has 2 amide bonds. The fraction of sp³-hybridized carbons (Fsp3) is 0.333. The van der Waals surface area contributed by atoms with Gasteiger partial charge in [-0.05, 0) is 35.9 Å². The van der Waals surface area contributed by atoms with Crippen molar-refractivity contribution in [1.29, 1.82) is 0 Å². The van der Waals surface area contributed by atoms with E-state index < -0.39 is 11.7 Å². The van der Waals surface area contributed by atoms with Gasteiger partial charge in [-0.25, -0.2) is 4.79 Å². The molecule has 1 fully saturated rings. The number of carbonyl (C=O) groups is 1. The van der Waals surface area contributed by atoms with Crippen LogP contribution in [0.3, 0.4) is 0 Å². The minimum atomic E-state index is -4.38. The largest absolute Gasteiger partial charge is 0.416 e. The topological polar surface area (TPSA) is 48.5 Å². The number of piperazine rings is 1. The van der Waals surface area contributed by atoms with Crippen LogP contribution in [0, 0.1) is 0 Å². The molecule has 0 unspecified atom stereocenters. The fourth-order valence-corrected chi connectivity index (χ4v) is 2.80. The van der Waals surface area contributed by atoms with Gasteiger partial charge in [-0.1, -0.05) is 6.07 Å². The van der Waals surface area contributed by atoms with Crippen LogP contribution in [0.1, 0.15) is 11.1 Å². The molecular formula is C18H19F3N4O. The molecule has 2 heterocycles. The zero-order valence-electron chi connectivity index (χ0n) is 14.0. The van der Waals surface area contributed by atoms with Gasteiger partial charge < -0.3 is 10.2 Å². The molecule has 0 bridgehead atoms. The first-order chi connectivity index (χ1) is 12.4. The van der Waals surface area contributed by atoms with E-state index in [-0.39, 0.29) is 6.03 Å². The highest BCUT2D eigenvalue weighted by Gasteiger charge is 2.30.